The molecule has 170 valence electrons. The summed E-state index contributed by atoms with van der Waals surface area (Å²) in [4.78, 5) is 14.5. The van der Waals surface area contributed by atoms with Crippen molar-refractivity contribution in [3.8, 4) is 0 Å². The normalized spacial score (nSPS) is 13.8. The maximum absolute atomic E-state index is 14.0. The molecule has 0 bridgehead atoms. The third kappa shape index (κ3) is 5.80. The van der Waals surface area contributed by atoms with Crippen molar-refractivity contribution in [1.82, 2.24) is 4.90 Å². The summed E-state index contributed by atoms with van der Waals surface area (Å²) in [5.74, 6) is -0.542. The Balaban J connectivity index is 1.44. The van der Waals surface area contributed by atoms with E-state index < -0.39 is 10.0 Å². The molecular formula is C25H22ClFN2O3S. The van der Waals surface area contributed by atoms with Crippen LogP contribution in [0.3, 0.4) is 0 Å². The van der Waals surface area contributed by atoms with Gasteiger partial charge in [-0.1, -0.05) is 54.1 Å². The lowest BCUT2D eigenvalue weighted by Crippen LogP contribution is -2.31. The lowest BCUT2D eigenvalue weighted by Gasteiger charge is -2.21. The van der Waals surface area contributed by atoms with Crippen LogP contribution in [0.2, 0.25) is 5.02 Å². The molecule has 0 saturated heterocycles. The summed E-state index contributed by atoms with van der Waals surface area (Å²) >= 11 is 6.03. The Morgan fingerprint density at radius 2 is 1.70 bits per heavy atom. The van der Waals surface area contributed by atoms with Crippen LogP contribution in [0.15, 0.2) is 83.8 Å². The van der Waals surface area contributed by atoms with Gasteiger partial charge < -0.3 is 4.90 Å². The summed E-state index contributed by atoms with van der Waals surface area (Å²) in [5.41, 5.74) is 1.44. The Morgan fingerprint density at radius 3 is 2.36 bits per heavy atom. The summed E-state index contributed by atoms with van der Waals surface area (Å²) in [7, 11) is -3.81. The molecule has 3 aromatic carbocycles. The molecule has 33 heavy (non-hydrogen) atoms. The fourth-order valence-electron chi connectivity index (χ4n) is 3.35. The quantitative estimate of drug-likeness (QED) is 0.430. The van der Waals surface area contributed by atoms with E-state index in [0.717, 1.165) is 12.8 Å². The van der Waals surface area contributed by atoms with Gasteiger partial charge in [0.1, 0.15) is 5.82 Å². The van der Waals surface area contributed by atoms with Gasteiger partial charge in [0.05, 0.1) is 15.6 Å². The van der Waals surface area contributed by atoms with E-state index in [9.17, 15) is 17.6 Å². The number of para-hydroxylation sites is 1. The van der Waals surface area contributed by atoms with E-state index in [1.165, 1.54) is 24.3 Å². The Labute approximate surface area is 197 Å². The van der Waals surface area contributed by atoms with E-state index in [2.05, 4.69) is 4.72 Å². The molecule has 8 heteroatoms. The highest BCUT2D eigenvalue weighted by Gasteiger charge is 2.32. The molecule has 1 saturated carbocycles. The first-order chi connectivity index (χ1) is 15.8. The van der Waals surface area contributed by atoms with Crippen molar-refractivity contribution in [3.63, 3.8) is 0 Å². The molecule has 1 fully saturated rings. The first kappa shape index (κ1) is 23.0. The van der Waals surface area contributed by atoms with E-state index in [0.29, 0.717) is 21.8 Å². The molecule has 5 nitrogen and oxygen atoms in total. The molecule has 0 spiro atoms. The van der Waals surface area contributed by atoms with Crippen molar-refractivity contribution in [3.05, 3.63) is 101 Å². The molecule has 0 radical (unpaired) electrons. The van der Waals surface area contributed by atoms with Gasteiger partial charge in [-0.3, -0.25) is 9.52 Å². The van der Waals surface area contributed by atoms with Crippen molar-refractivity contribution in [1.29, 1.82) is 0 Å². The predicted octanol–water partition coefficient (Wildman–Crippen LogP) is 5.48. The number of halogens is 2. The molecule has 3 aromatic rings. The lowest BCUT2D eigenvalue weighted by molar-refractivity contribution is -0.127. The van der Waals surface area contributed by atoms with E-state index in [4.69, 9.17) is 11.6 Å². The molecule has 1 amide bonds. The van der Waals surface area contributed by atoms with E-state index in [-0.39, 0.29) is 29.2 Å². The number of rotatable bonds is 8. The molecule has 0 heterocycles. The number of amides is 1. The van der Waals surface area contributed by atoms with Crippen LogP contribution in [0.5, 0.6) is 0 Å². The second-order valence-electron chi connectivity index (χ2n) is 7.78. The SMILES string of the molecule is O=C(/C=C/c1ccc(S(=O)(=O)Nc2ccccc2Cl)cc1)N(Cc1ccccc1F)C1CC1. The zero-order chi connectivity index (χ0) is 23.4. The van der Waals surface area contributed by atoms with Crippen LogP contribution in [0.1, 0.15) is 24.0 Å². The van der Waals surface area contributed by atoms with Gasteiger partial charge in [0.2, 0.25) is 5.91 Å². The maximum Gasteiger partial charge on any atom is 0.261 e. The van der Waals surface area contributed by atoms with E-state index in [1.807, 2.05) is 0 Å². The lowest BCUT2D eigenvalue weighted by atomic mass is 10.2. The number of carbonyl (C=O) groups is 1. The van der Waals surface area contributed by atoms with Gasteiger partial charge in [0, 0.05) is 24.2 Å². The fourth-order valence-corrected chi connectivity index (χ4v) is 4.67. The molecule has 1 N–H and O–H groups in total. The fraction of sp³-hybridized carbons (Fsp3) is 0.160. The van der Waals surface area contributed by atoms with E-state index >= 15 is 0 Å². The number of benzene rings is 3. The molecule has 4 rings (SSSR count). The van der Waals surface area contributed by atoms with Crippen LogP contribution in [0.4, 0.5) is 10.1 Å². The number of hydrogen-bond acceptors (Lipinski definition) is 3. The molecule has 0 atom stereocenters. The number of anilines is 1. The Morgan fingerprint density at radius 1 is 1.03 bits per heavy atom. The van der Waals surface area contributed by atoms with Gasteiger partial charge in [-0.25, -0.2) is 12.8 Å². The largest absolute Gasteiger partial charge is 0.332 e. The molecule has 0 unspecified atom stereocenters. The first-order valence-electron chi connectivity index (χ1n) is 10.4. The Kier molecular flexibility index (Phi) is 6.81. The molecule has 0 aromatic heterocycles. The standard InChI is InChI=1S/C25H22ClFN2O3S/c26-22-6-2-4-8-24(22)28-33(31,32)21-14-9-18(10-15-21)11-16-25(30)29(20-12-13-20)17-19-5-1-3-7-23(19)27/h1-11,14-16,20,28H,12-13,17H2/b16-11+. The average molecular weight is 485 g/mol. The summed E-state index contributed by atoms with van der Waals surface area (Å²) in [6.07, 6.45) is 4.86. The van der Waals surface area contributed by atoms with Crippen LogP contribution in [0, 0.1) is 5.82 Å². The minimum atomic E-state index is -3.81. The number of hydrogen-bond donors (Lipinski definition) is 1. The first-order valence-corrected chi connectivity index (χ1v) is 12.3. The van der Waals surface area contributed by atoms with E-state index in [1.54, 1.807) is 65.6 Å². The Hall–Kier alpha value is -3.16. The van der Waals surface area contributed by atoms with Crippen molar-refractivity contribution in [2.24, 2.45) is 0 Å². The maximum atomic E-state index is 14.0. The van der Waals surface area contributed by atoms with Crippen molar-refractivity contribution < 1.29 is 17.6 Å². The van der Waals surface area contributed by atoms with Crippen LogP contribution >= 0.6 is 11.6 Å². The highest BCUT2D eigenvalue weighted by molar-refractivity contribution is 7.92. The van der Waals surface area contributed by atoms with Crippen LogP contribution in [0.25, 0.3) is 6.08 Å². The molecule has 0 aliphatic heterocycles. The topological polar surface area (TPSA) is 66.5 Å². The van der Waals surface area contributed by atoms with Gasteiger partial charge in [-0.15, -0.1) is 0 Å². The molecular weight excluding hydrogens is 463 g/mol. The molecule has 1 aliphatic carbocycles. The average Bonchev–Trinajstić information content (AvgIpc) is 3.64. The van der Waals surface area contributed by atoms with Crippen molar-refractivity contribution in [2.45, 2.75) is 30.3 Å². The van der Waals surface area contributed by atoms with Crippen LogP contribution in [-0.2, 0) is 21.4 Å². The van der Waals surface area contributed by atoms with Crippen molar-refractivity contribution in [2.75, 3.05) is 4.72 Å². The highest BCUT2D eigenvalue weighted by atomic mass is 35.5. The van der Waals surface area contributed by atoms with Gasteiger partial charge in [-0.05, 0) is 54.8 Å². The minimum Gasteiger partial charge on any atom is -0.332 e. The van der Waals surface area contributed by atoms with Gasteiger partial charge >= 0.3 is 0 Å². The number of nitrogens with one attached hydrogen (secondary N) is 1. The number of carbonyl (C=O) groups excluding carboxylic acids is 1. The monoisotopic (exact) mass is 484 g/mol. The van der Waals surface area contributed by atoms with Crippen molar-refractivity contribution >= 4 is 39.3 Å². The van der Waals surface area contributed by atoms with Crippen LogP contribution < -0.4 is 4.72 Å². The second kappa shape index (κ2) is 9.77. The third-order valence-corrected chi connectivity index (χ3v) is 7.01. The predicted molar refractivity (Wildman–Crippen MR) is 128 cm³/mol. The number of sulfonamides is 1. The van der Waals surface area contributed by atoms with Gasteiger partial charge in [0.25, 0.3) is 10.0 Å². The summed E-state index contributed by atoms with van der Waals surface area (Å²) in [6.45, 7) is 0.214. The zero-order valence-corrected chi connectivity index (χ0v) is 19.2. The zero-order valence-electron chi connectivity index (χ0n) is 17.6. The van der Waals surface area contributed by atoms with Crippen LogP contribution in [-0.4, -0.2) is 25.3 Å². The Bertz CT molecular complexity index is 1290. The second-order valence-corrected chi connectivity index (χ2v) is 9.87. The summed E-state index contributed by atoms with van der Waals surface area (Å²) < 4.78 is 41.7. The smallest absolute Gasteiger partial charge is 0.261 e. The van der Waals surface area contributed by atoms with Gasteiger partial charge in [0.15, 0.2) is 0 Å². The number of nitrogens with zero attached hydrogens (tertiary/aromatic N) is 1. The molecule has 1 aliphatic rings. The summed E-state index contributed by atoms with van der Waals surface area (Å²) in [5, 5.41) is 0.301. The highest BCUT2D eigenvalue weighted by Crippen LogP contribution is 2.29. The third-order valence-electron chi connectivity index (χ3n) is 5.30. The van der Waals surface area contributed by atoms with Gasteiger partial charge in [-0.2, -0.15) is 0 Å². The summed E-state index contributed by atoms with van der Waals surface area (Å²) in [6, 6.07) is 19.3. The minimum absolute atomic E-state index is 0.0741.